The molecule has 0 aliphatic carbocycles. The molecular weight excluding hydrogens is 482 g/mol. The predicted octanol–water partition coefficient (Wildman–Crippen LogP) is 0.899. The van der Waals surface area contributed by atoms with Gasteiger partial charge < -0.3 is 30.9 Å². The van der Waals surface area contributed by atoms with E-state index < -0.39 is 18.4 Å². The first-order chi connectivity index (χ1) is 17.4. The maximum atomic E-state index is 12.1. The Morgan fingerprint density at radius 1 is 0.972 bits per heavy atom. The van der Waals surface area contributed by atoms with Crippen molar-refractivity contribution in [2.75, 3.05) is 45.0 Å². The Morgan fingerprint density at radius 3 is 2.11 bits per heavy atom. The van der Waals surface area contributed by atoms with Crippen molar-refractivity contribution in [3.05, 3.63) is 0 Å². The summed E-state index contributed by atoms with van der Waals surface area (Å²) in [5.74, 6) is 0.716. The molecule has 0 aromatic heterocycles. The lowest BCUT2D eigenvalue weighted by molar-refractivity contribution is -0.121. The Morgan fingerprint density at radius 2 is 1.56 bits per heavy atom. The van der Waals surface area contributed by atoms with Crippen LogP contribution in [0.25, 0.3) is 0 Å². The summed E-state index contributed by atoms with van der Waals surface area (Å²) >= 11 is 1.48. The normalized spacial score (nSPS) is 24.8. The zero-order chi connectivity index (χ0) is 26.3. The summed E-state index contributed by atoms with van der Waals surface area (Å²) in [6.07, 6.45) is 4.60. The Balaban J connectivity index is 1.84. The highest BCUT2D eigenvalue weighted by Crippen LogP contribution is 2.34. The molecule has 2 aliphatic rings. The summed E-state index contributed by atoms with van der Waals surface area (Å²) in [4.78, 5) is 32.7. The van der Waals surface area contributed by atoms with Crippen LogP contribution in [-0.4, -0.2) is 112 Å². The summed E-state index contributed by atoms with van der Waals surface area (Å²) in [5, 5.41) is 37.3. The van der Waals surface area contributed by atoms with E-state index in [0.717, 1.165) is 38.5 Å². The molecule has 36 heavy (non-hydrogen) atoms. The van der Waals surface area contributed by atoms with Crippen LogP contribution in [0.3, 0.4) is 0 Å². The fourth-order valence-corrected chi connectivity index (χ4v) is 5.76. The molecule has 0 aromatic carbocycles. The first kappa shape index (κ1) is 30.8. The monoisotopic (exact) mass is 529 g/mol. The van der Waals surface area contributed by atoms with Crippen molar-refractivity contribution in [2.24, 2.45) is 4.99 Å². The van der Waals surface area contributed by atoms with Crippen molar-refractivity contribution in [3.8, 4) is 0 Å². The van der Waals surface area contributed by atoms with Crippen LogP contribution in [0.5, 0.6) is 0 Å². The van der Waals surface area contributed by atoms with Gasteiger partial charge in [-0.15, -0.1) is 0 Å². The molecule has 10 nitrogen and oxygen atoms in total. The predicted molar refractivity (Wildman–Crippen MR) is 144 cm³/mol. The van der Waals surface area contributed by atoms with E-state index in [9.17, 15) is 24.9 Å². The van der Waals surface area contributed by atoms with E-state index in [4.69, 9.17) is 0 Å². The van der Waals surface area contributed by atoms with E-state index in [1.165, 1.54) is 11.8 Å². The van der Waals surface area contributed by atoms with Crippen molar-refractivity contribution in [2.45, 2.75) is 96.1 Å². The topological polar surface area (TPSA) is 138 Å². The molecule has 0 spiro atoms. The third-order valence-electron chi connectivity index (χ3n) is 6.70. The number of aliphatic hydroxyl groups excluding tert-OH is 3. The second-order valence-electron chi connectivity index (χ2n) is 9.68. The Bertz CT molecular complexity index is 670. The molecule has 0 unspecified atom stereocenters. The molecule has 208 valence electrons. The molecule has 4 atom stereocenters. The number of aliphatic hydroxyl groups is 3. The standard InChI is InChI=1S/C25H47N5O5S/c1-3-5-7-9-21(32)26-11-14-29(15-12-27-22(33)10-8-6-4-2)16-13-28-25-30-19(18-36-25)24(35)20(31)17-23(30)34/h19-20,23-24,31,34-35H,3-18H2,1-2H3,(H,26,32)(H,27,33)/t19-,20-,23-,24-/m1/s1. The smallest absolute Gasteiger partial charge is 0.220 e. The van der Waals surface area contributed by atoms with Gasteiger partial charge in [-0.05, 0) is 12.8 Å². The molecule has 2 saturated heterocycles. The van der Waals surface area contributed by atoms with Crippen molar-refractivity contribution in [3.63, 3.8) is 0 Å². The molecule has 0 aromatic rings. The van der Waals surface area contributed by atoms with E-state index in [0.29, 0.717) is 63.0 Å². The lowest BCUT2D eigenvalue weighted by Gasteiger charge is -2.41. The van der Waals surface area contributed by atoms with Crippen LogP contribution in [0.2, 0.25) is 0 Å². The third kappa shape index (κ3) is 10.5. The molecule has 2 heterocycles. The zero-order valence-corrected chi connectivity index (χ0v) is 22.8. The van der Waals surface area contributed by atoms with Crippen molar-refractivity contribution in [1.82, 2.24) is 20.4 Å². The van der Waals surface area contributed by atoms with E-state index in [-0.39, 0.29) is 24.3 Å². The van der Waals surface area contributed by atoms with Gasteiger partial charge in [-0.25, -0.2) is 0 Å². The molecule has 5 N–H and O–H groups in total. The second kappa shape index (κ2) is 17.2. The van der Waals surface area contributed by atoms with Crippen LogP contribution in [-0.2, 0) is 9.59 Å². The number of carbonyl (C=O) groups is 2. The minimum Gasteiger partial charge on any atom is -0.390 e. The van der Waals surface area contributed by atoms with Crippen LogP contribution in [0.1, 0.15) is 71.6 Å². The highest BCUT2D eigenvalue weighted by atomic mass is 32.2. The van der Waals surface area contributed by atoms with Gasteiger partial charge in [0.1, 0.15) is 12.3 Å². The van der Waals surface area contributed by atoms with Crippen molar-refractivity contribution >= 4 is 28.7 Å². The number of nitrogens with zero attached hydrogens (tertiary/aromatic N) is 3. The fraction of sp³-hybridized carbons (Fsp3) is 0.880. The maximum Gasteiger partial charge on any atom is 0.220 e. The van der Waals surface area contributed by atoms with Gasteiger partial charge in [-0.2, -0.15) is 0 Å². The highest BCUT2D eigenvalue weighted by molar-refractivity contribution is 8.14. The Kier molecular flexibility index (Phi) is 14.7. The van der Waals surface area contributed by atoms with E-state index in [1.807, 2.05) is 0 Å². The number of unbranched alkanes of at least 4 members (excludes halogenated alkanes) is 4. The molecular formula is C25H47N5O5S. The Hall–Kier alpha value is -1.40. The summed E-state index contributed by atoms with van der Waals surface area (Å²) in [5.41, 5.74) is 0. The molecule has 2 fully saturated rings. The average molecular weight is 530 g/mol. The SMILES string of the molecule is CCCCCC(=O)NCCN(CCN=C1SC[C@@H]2[C@@H](O)[C@H](O)C[C@@H](O)N12)CCNC(=O)CCCCC. The minimum atomic E-state index is -0.925. The van der Waals surface area contributed by atoms with Crippen LogP contribution in [0.4, 0.5) is 0 Å². The molecule has 2 rings (SSSR count). The summed E-state index contributed by atoms with van der Waals surface area (Å²) in [7, 11) is 0. The fourth-order valence-electron chi connectivity index (χ4n) is 4.50. The molecule has 0 saturated carbocycles. The number of aliphatic imine (C=N–C) groups is 1. The largest absolute Gasteiger partial charge is 0.390 e. The molecule has 0 radical (unpaired) electrons. The summed E-state index contributed by atoms with van der Waals surface area (Å²) < 4.78 is 0. The van der Waals surface area contributed by atoms with Gasteiger partial charge in [-0.1, -0.05) is 51.3 Å². The summed E-state index contributed by atoms with van der Waals surface area (Å²) in [6, 6.07) is -0.338. The summed E-state index contributed by atoms with van der Waals surface area (Å²) in [6.45, 7) is 7.75. The lowest BCUT2D eigenvalue weighted by Crippen LogP contribution is -2.58. The van der Waals surface area contributed by atoms with E-state index in [2.05, 4.69) is 34.4 Å². The number of hydrogen-bond acceptors (Lipinski definition) is 8. The number of piperidine rings is 1. The average Bonchev–Trinajstić information content (AvgIpc) is 3.27. The molecule has 0 bridgehead atoms. The Labute approximate surface area is 220 Å². The van der Waals surface area contributed by atoms with Gasteiger partial charge in [0.25, 0.3) is 0 Å². The second-order valence-corrected chi connectivity index (χ2v) is 10.7. The number of hydrogen-bond donors (Lipinski definition) is 5. The first-order valence-electron chi connectivity index (χ1n) is 13.6. The molecule has 11 heteroatoms. The number of nitrogens with one attached hydrogen (secondary N) is 2. The van der Waals surface area contributed by atoms with E-state index >= 15 is 0 Å². The first-order valence-corrected chi connectivity index (χ1v) is 14.6. The van der Waals surface area contributed by atoms with Crippen LogP contribution >= 0.6 is 11.8 Å². The minimum absolute atomic E-state index is 0.0705. The maximum absolute atomic E-state index is 12.1. The van der Waals surface area contributed by atoms with Gasteiger partial charge in [0, 0.05) is 57.7 Å². The quantitative estimate of drug-likeness (QED) is 0.175. The number of carbonyl (C=O) groups excluding carboxylic acids is 2. The van der Waals surface area contributed by atoms with Gasteiger partial charge in [-0.3, -0.25) is 19.5 Å². The number of fused-ring (bicyclic) bond motifs is 1. The van der Waals surface area contributed by atoms with Crippen LogP contribution < -0.4 is 10.6 Å². The van der Waals surface area contributed by atoms with Crippen molar-refractivity contribution in [1.29, 1.82) is 0 Å². The van der Waals surface area contributed by atoms with Gasteiger partial charge >= 0.3 is 0 Å². The van der Waals surface area contributed by atoms with Gasteiger partial charge in [0.05, 0.1) is 18.7 Å². The molecule has 2 amide bonds. The number of amides is 2. The zero-order valence-electron chi connectivity index (χ0n) is 22.0. The third-order valence-corrected chi connectivity index (χ3v) is 7.81. The number of thioether (sulfide) groups is 1. The number of amidine groups is 1. The number of rotatable bonds is 17. The van der Waals surface area contributed by atoms with Crippen LogP contribution in [0.15, 0.2) is 4.99 Å². The highest BCUT2D eigenvalue weighted by Gasteiger charge is 2.46. The lowest BCUT2D eigenvalue weighted by atomic mass is 9.96. The van der Waals surface area contributed by atoms with Gasteiger partial charge in [0.15, 0.2) is 5.17 Å². The van der Waals surface area contributed by atoms with Crippen LogP contribution in [0, 0.1) is 0 Å². The van der Waals surface area contributed by atoms with Gasteiger partial charge in [0.2, 0.25) is 11.8 Å². The van der Waals surface area contributed by atoms with E-state index in [1.54, 1.807) is 4.90 Å². The van der Waals surface area contributed by atoms with Crippen molar-refractivity contribution < 1.29 is 24.9 Å². The molecule has 2 aliphatic heterocycles.